The van der Waals surface area contributed by atoms with Crippen molar-refractivity contribution in [3.05, 3.63) is 39.3 Å². The van der Waals surface area contributed by atoms with Crippen LogP contribution in [0.5, 0.6) is 0 Å². The number of aromatic amines is 1. The van der Waals surface area contributed by atoms with Gasteiger partial charge in [-0.15, -0.1) is 5.10 Å². The Balaban J connectivity index is 2.36. The number of halogens is 1. The first-order valence-electron chi connectivity index (χ1n) is 5.38. The summed E-state index contributed by atoms with van der Waals surface area (Å²) < 4.78 is 1.53. The standard InChI is InChI=1S/C11H12ClN3O2S/c1-2-15-10(17)13-14-11(15)18-9-4-3-8(12)5-7(9)6-16/h3-5,16H,2,6H2,1H3,(H,13,17). The molecule has 0 atom stereocenters. The second kappa shape index (κ2) is 5.60. The van der Waals surface area contributed by atoms with Crippen LogP contribution < -0.4 is 5.69 Å². The molecule has 1 heterocycles. The van der Waals surface area contributed by atoms with Gasteiger partial charge in [0.15, 0.2) is 5.16 Å². The third-order valence-electron chi connectivity index (χ3n) is 2.43. The predicted molar refractivity (Wildman–Crippen MR) is 70.0 cm³/mol. The molecule has 2 rings (SSSR count). The molecule has 2 aromatic rings. The Labute approximate surface area is 113 Å². The molecule has 0 fully saturated rings. The number of benzene rings is 1. The largest absolute Gasteiger partial charge is 0.392 e. The van der Waals surface area contributed by atoms with Crippen molar-refractivity contribution >= 4 is 23.4 Å². The zero-order valence-corrected chi connectivity index (χ0v) is 11.3. The summed E-state index contributed by atoms with van der Waals surface area (Å²) >= 11 is 7.19. The molecule has 1 aromatic heterocycles. The smallest absolute Gasteiger partial charge is 0.343 e. The monoisotopic (exact) mass is 285 g/mol. The molecule has 0 saturated carbocycles. The number of nitrogens with one attached hydrogen (secondary N) is 1. The predicted octanol–water partition coefficient (Wildman–Crippen LogP) is 1.89. The third-order valence-corrected chi connectivity index (χ3v) is 3.78. The molecule has 96 valence electrons. The molecule has 0 amide bonds. The van der Waals surface area contributed by atoms with Crippen LogP contribution >= 0.6 is 23.4 Å². The summed E-state index contributed by atoms with van der Waals surface area (Å²) in [6, 6.07) is 5.24. The van der Waals surface area contributed by atoms with Gasteiger partial charge in [0.25, 0.3) is 0 Å². The van der Waals surface area contributed by atoms with E-state index in [0.29, 0.717) is 22.3 Å². The van der Waals surface area contributed by atoms with Gasteiger partial charge in [-0.3, -0.25) is 4.57 Å². The summed E-state index contributed by atoms with van der Waals surface area (Å²) in [5.74, 6) is 0. The summed E-state index contributed by atoms with van der Waals surface area (Å²) in [5.41, 5.74) is 0.477. The van der Waals surface area contributed by atoms with E-state index < -0.39 is 0 Å². The van der Waals surface area contributed by atoms with Crippen LogP contribution in [-0.4, -0.2) is 19.9 Å². The molecule has 0 radical (unpaired) electrons. The molecule has 2 N–H and O–H groups in total. The minimum Gasteiger partial charge on any atom is -0.392 e. The van der Waals surface area contributed by atoms with Crippen molar-refractivity contribution in [3.63, 3.8) is 0 Å². The summed E-state index contributed by atoms with van der Waals surface area (Å²) in [6.07, 6.45) is 0. The van der Waals surface area contributed by atoms with Crippen LogP contribution in [0.3, 0.4) is 0 Å². The van der Waals surface area contributed by atoms with Gasteiger partial charge in [0.1, 0.15) is 0 Å². The Hall–Kier alpha value is -1.24. The minimum atomic E-state index is -0.237. The second-order valence-electron chi connectivity index (χ2n) is 3.57. The number of aromatic nitrogens is 3. The molecule has 7 heteroatoms. The van der Waals surface area contributed by atoms with E-state index in [1.165, 1.54) is 16.3 Å². The van der Waals surface area contributed by atoms with Crippen molar-refractivity contribution in [1.82, 2.24) is 14.8 Å². The molecule has 0 aliphatic rings. The van der Waals surface area contributed by atoms with Crippen LogP contribution in [-0.2, 0) is 13.2 Å². The topological polar surface area (TPSA) is 70.9 Å². The Morgan fingerprint density at radius 2 is 2.33 bits per heavy atom. The summed E-state index contributed by atoms with van der Waals surface area (Å²) in [6.45, 7) is 2.30. The van der Waals surface area contributed by atoms with Crippen LogP contribution in [0.2, 0.25) is 5.02 Å². The second-order valence-corrected chi connectivity index (χ2v) is 5.01. The van der Waals surface area contributed by atoms with Crippen molar-refractivity contribution in [2.45, 2.75) is 30.1 Å². The molecule has 5 nitrogen and oxygen atoms in total. The third kappa shape index (κ3) is 2.60. The summed E-state index contributed by atoms with van der Waals surface area (Å²) in [4.78, 5) is 12.3. The van der Waals surface area contributed by atoms with Gasteiger partial charge in [0.2, 0.25) is 0 Å². The lowest BCUT2D eigenvalue weighted by Gasteiger charge is -2.07. The van der Waals surface area contributed by atoms with Crippen molar-refractivity contribution in [2.24, 2.45) is 0 Å². The Morgan fingerprint density at radius 3 is 3.00 bits per heavy atom. The van der Waals surface area contributed by atoms with E-state index in [4.69, 9.17) is 11.6 Å². The van der Waals surface area contributed by atoms with Gasteiger partial charge in [0, 0.05) is 16.5 Å². The maximum Gasteiger partial charge on any atom is 0.343 e. The number of hydrogen-bond donors (Lipinski definition) is 2. The van der Waals surface area contributed by atoms with Crippen LogP contribution in [0, 0.1) is 0 Å². The lowest BCUT2D eigenvalue weighted by Crippen LogP contribution is -2.16. The van der Waals surface area contributed by atoms with E-state index in [2.05, 4.69) is 10.2 Å². The highest BCUT2D eigenvalue weighted by Gasteiger charge is 2.11. The van der Waals surface area contributed by atoms with Crippen LogP contribution in [0.1, 0.15) is 12.5 Å². The molecule has 0 unspecified atom stereocenters. The molecule has 0 bridgehead atoms. The van der Waals surface area contributed by atoms with Gasteiger partial charge in [-0.25, -0.2) is 9.89 Å². The van der Waals surface area contributed by atoms with E-state index in [-0.39, 0.29) is 12.3 Å². The molecule has 18 heavy (non-hydrogen) atoms. The number of nitrogens with zero attached hydrogens (tertiary/aromatic N) is 2. The molecule has 0 aliphatic carbocycles. The number of aliphatic hydroxyl groups excluding tert-OH is 1. The molecule has 1 aromatic carbocycles. The van der Waals surface area contributed by atoms with Gasteiger partial charge in [-0.1, -0.05) is 11.6 Å². The van der Waals surface area contributed by atoms with Gasteiger partial charge < -0.3 is 5.11 Å². The molecule has 0 spiro atoms. The van der Waals surface area contributed by atoms with E-state index in [9.17, 15) is 9.90 Å². The van der Waals surface area contributed by atoms with E-state index >= 15 is 0 Å². The number of rotatable bonds is 4. The van der Waals surface area contributed by atoms with Crippen LogP contribution in [0.25, 0.3) is 0 Å². The first kappa shape index (κ1) is 13.2. The van der Waals surface area contributed by atoms with Gasteiger partial charge in [-0.2, -0.15) is 0 Å². The normalized spacial score (nSPS) is 10.8. The Morgan fingerprint density at radius 1 is 1.56 bits per heavy atom. The Bertz CT molecular complexity index is 609. The molecule has 0 aliphatic heterocycles. The average Bonchev–Trinajstić information content (AvgIpc) is 2.72. The maximum absolute atomic E-state index is 11.4. The van der Waals surface area contributed by atoms with Gasteiger partial charge in [-0.05, 0) is 42.4 Å². The number of H-pyrrole nitrogens is 1. The SMILES string of the molecule is CCn1c(Sc2ccc(Cl)cc2CO)n[nH]c1=O. The quantitative estimate of drug-likeness (QED) is 0.900. The average molecular weight is 286 g/mol. The number of hydrogen-bond acceptors (Lipinski definition) is 4. The number of aliphatic hydroxyl groups is 1. The maximum atomic E-state index is 11.4. The first-order chi connectivity index (χ1) is 8.65. The molecular formula is C11H12ClN3O2S. The van der Waals surface area contributed by atoms with Crippen LogP contribution in [0.4, 0.5) is 0 Å². The Kier molecular flexibility index (Phi) is 4.11. The lowest BCUT2D eigenvalue weighted by molar-refractivity contribution is 0.279. The van der Waals surface area contributed by atoms with Crippen LogP contribution in [0.15, 0.2) is 33.0 Å². The molecular weight excluding hydrogens is 274 g/mol. The van der Waals surface area contributed by atoms with E-state index in [1.807, 2.05) is 6.92 Å². The van der Waals surface area contributed by atoms with Crippen molar-refractivity contribution < 1.29 is 5.11 Å². The molecule has 0 saturated heterocycles. The van der Waals surface area contributed by atoms with Crippen molar-refractivity contribution in [3.8, 4) is 0 Å². The lowest BCUT2D eigenvalue weighted by atomic mass is 10.2. The fourth-order valence-corrected chi connectivity index (χ4v) is 2.73. The highest BCUT2D eigenvalue weighted by atomic mass is 35.5. The van der Waals surface area contributed by atoms with Crippen molar-refractivity contribution in [2.75, 3.05) is 0 Å². The summed E-state index contributed by atoms with van der Waals surface area (Å²) in [5, 5.41) is 16.8. The van der Waals surface area contributed by atoms with Crippen molar-refractivity contribution in [1.29, 1.82) is 0 Å². The highest BCUT2D eigenvalue weighted by Crippen LogP contribution is 2.30. The fourth-order valence-electron chi connectivity index (χ4n) is 1.53. The highest BCUT2D eigenvalue weighted by molar-refractivity contribution is 7.99. The van der Waals surface area contributed by atoms with E-state index in [0.717, 1.165) is 4.90 Å². The zero-order valence-electron chi connectivity index (χ0n) is 9.68. The first-order valence-corrected chi connectivity index (χ1v) is 6.57. The minimum absolute atomic E-state index is 0.107. The zero-order chi connectivity index (χ0) is 13.1. The van der Waals surface area contributed by atoms with Gasteiger partial charge >= 0.3 is 5.69 Å². The fraction of sp³-hybridized carbons (Fsp3) is 0.273. The van der Waals surface area contributed by atoms with Gasteiger partial charge in [0.05, 0.1) is 6.61 Å². The summed E-state index contributed by atoms with van der Waals surface area (Å²) in [7, 11) is 0. The van der Waals surface area contributed by atoms with E-state index in [1.54, 1.807) is 18.2 Å².